The maximum atomic E-state index is 11.8. The van der Waals surface area contributed by atoms with Gasteiger partial charge in [-0.05, 0) is 17.7 Å². The number of benzene rings is 1. The van der Waals surface area contributed by atoms with Crippen LogP contribution >= 0.6 is 0 Å². The molecule has 1 N–H and O–H groups in total. The summed E-state index contributed by atoms with van der Waals surface area (Å²) in [5.74, 6) is 0.659. The van der Waals surface area contributed by atoms with Crippen molar-refractivity contribution in [1.82, 2.24) is 9.88 Å². The zero-order valence-electron chi connectivity index (χ0n) is 13.1. The van der Waals surface area contributed by atoms with Crippen LogP contribution in [0.3, 0.4) is 0 Å². The molecule has 1 aromatic carbocycles. The van der Waals surface area contributed by atoms with Gasteiger partial charge in [0.2, 0.25) is 0 Å². The first-order valence-electron chi connectivity index (χ1n) is 7.11. The van der Waals surface area contributed by atoms with E-state index in [-0.39, 0.29) is 12.0 Å². The Morgan fingerprint density at radius 3 is 2.50 bits per heavy atom. The number of carbonyl (C=O) groups is 1. The molecule has 0 aliphatic rings. The van der Waals surface area contributed by atoms with Gasteiger partial charge in [-0.1, -0.05) is 30.3 Å². The SMILES string of the molecule is COC(CNc1ccc(C(=O)N(C)C)cn1)c1ccccc1. The van der Waals surface area contributed by atoms with E-state index in [1.165, 1.54) is 4.90 Å². The standard InChI is InChI=1S/C17H21N3O2/c1-20(2)17(21)14-9-10-16(18-11-14)19-12-15(22-3)13-7-5-4-6-8-13/h4-11,15H,12H2,1-3H3,(H,18,19). The van der Waals surface area contributed by atoms with Gasteiger partial charge in [0.15, 0.2) is 0 Å². The van der Waals surface area contributed by atoms with Crippen LogP contribution in [0, 0.1) is 0 Å². The van der Waals surface area contributed by atoms with Crippen molar-refractivity contribution in [1.29, 1.82) is 0 Å². The normalized spacial score (nSPS) is 11.8. The van der Waals surface area contributed by atoms with Crippen LogP contribution in [0.2, 0.25) is 0 Å². The average molecular weight is 299 g/mol. The van der Waals surface area contributed by atoms with E-state index in [1.807, 2.05) is 30.3 Å². The summed E-state index contributed by atoms with van der Waals surface area (Å²) in [5.41, 5.74) is 1.68. The molecule has 116 valence electrons. The minimum atomic E-state index is -0.0573. The molecule has 0 fully saturated rings. The molecule has 0 bridgehead atoms. The first-order chi connectivity index (χ1) is 10.6. The molecule has 1 unspecified atom stereocenters. The summed E-state index contributed by atoms with van der Waals surface area (Å²) in [4.78, 5) is 17.6. The third kappa shape index (κ3) is 4.05. The van der Waals surface area contributed by atoms with Gasteiger partial charge in [0.1, 0.15) is 5.82 Å². The van der Waals surface area contributed by atoms with E-state index in [0.717, 1.165) is 5.56 Å². The van der Waals surface area contributed by atoms with E-state index in [9.17, 15) is 4.79 Å². The van der Waals surface area contributed by atoms with Crippen LogP contribution in [0.25, 0.3) is 0 Å². The van der Waals surface area contributed by atoms with Gasteiger partial charge >= 0.3 is 0 Å². The van der Waals surface area contributed by atoms with Gasteiger partial charge in [-0.15, -0.1) is 0 Å². The monoisotopic (exact) mass is 299 g/mol. The molecule has 1 heterocycles. The Hall–Kier alpha value is -2.40. The van der Waals surface area contributed by atoms with Gasteiger partial charge in [0.25, 0.3) is 5.91 Å². The number of aromatic nitrogens is 1. The van der Waals surface area contributed by atoms with Crippen molar-refractivity contribution in [3.05, 3.63) is 59.8 Å². The topological polar surface area (TPSA) is 54.5 Å². The highest BCUT2D eigenvalue weighted by Gasteiger charge is 2.11. The number of methoxy groups -OCH3 is 1. The summed E-state index contributed by atoms with van der Waals surface area (Å²) in [5, 5.41) is 3.23. The van der Waals surface area contributed by atoms with Crippen molar-refractivity contribution in [2.75, 3.05) is 33.1 Å². The third-order valence-electron chi connectivity index (χ3n) is 3.34. The van der Waals surface area contributed by atoms with Crippen molar-refractivity contribution in [2.45, 2.75) is 6.10 Å². The highest BCUT2D eigenvalue weighted by atomic mass is 16.5. The molecule has 5 heteroatoms. The molecule has 1 aromatic heterocycles. The lowest BCUT2D eigenvalue weighted by Crippen LogP contribution is -2.22. The van der Waals surface area contributed by atoms with E-state index in [0.29, 0.717) is 17.9 Å². The van der Waals surface area contributed by atoms with Crippen LogP contribution in [0.5, 0.6) is 0 Å². The number of anilines is 1. The van der Waals surface area contributed by atoms with E-state index in [1.54, 1.807) is 39.5 Å². The molecule has 5 nitrogen and oxygen atoms in total. The summed E-state index contributed by atoms with van der Waals surface area (Å²) in [6, 6.07) is 13.6. The average Bonchev–Trinajstić information content (AvgIpc) is 2.56. The van der Waals surface area contributed by atoms with Crippen LogP contribution < -0.4 is 5.32 Å². The minimum absolute atomic E-state index is 0.0499. The second-order valence-electron chi connectivity index (χ2n) is 5.15. The predicted octanol–water partition coefficient (Wildman–Crippen LogP) is 2.58. The van der Waals surface area contributed by atoms with Crippen LogP contribution in [0.15, 0.2) is 48.7 Å². The van der Waals surface area contributed by atoms with E-state index >= 15 is 0 Å². The van der Waals surface area contributed by atoms with Gasteiger partial charge in [-0.25, -0.2) is 4.98 Å². The molecule has 2 aromatic rings. The molecular formula is C17H21N3O2. The number of hydrogen-bond donors (Lipinski definition) is 1. The fraction of sp³-hybridized carbons (Fsp3) is 0.294. The van der Waals surface area contributed by atoms with Crippen molar-refractivity contribution >= 4 is 11.7 Å². The molecule has 1 atom stereocenters. The molecule has 0 saturated carbocycles. The quantitative estimate of drug-likeness (QED) is 0.891. The number of nitrogens with zero attached hydrogens (tertiary/aromatic N) is 2. The minimum Gasteiger partial charge on any atom is -0.375 e. The van der Waals surface area contributed by atoms with Crippen LogP contribution in [-0.2, 0) is 4.74 Å². The Labute approximate surface area is 130 Å². The van der Waals surface area contributed by atoms with Crippen LogP contribution in [0.1, 0.15) is 22.0 Å². The summed E-state index contributed by atoms with van der Waals surface area (Å²) >= 11 is 0. The number of nitrogens with one attached hydrogen (secondary N) is 1. The second kappa shape index (κ2) is 7.56. The molecule has 0 aliphatic heterocycles. The molecule has 0 saturated heterocycles. The van der Waals surface area contributed by atoms with Crippen molar-refractivity contribution in [3.8, 4) is 0 Å². The predicted molar refractivity (Wildman–Crippen MR) is 86.9 cm³/mol. The Bertz CT molecular complexity index is 597. The maximum absolute atomic E-state index is 11.8. The number of carbonyl (C=O) groups excluding carboxylic acids is 1. The summed E-state index contributed by atoms with van der Waals surface area (Å²) in [6.45, 7) is 0.606. The Morgan fingerprint density at radius 2 is 1.95 bits per heavy atom. The molecule has 0 aliphatic carbocycles. The molecule has 0 radical (unpaired) electrons. The number of hydrogen-bond acceptors (Lipinski definition) is 4. The number of pyridine rings is 1. The van der Waals surface area contributed by atoms with Gasteiger partial charge < -0.3 is 15.0 Å². The Kier molecular flexibility index (Phi) is 5.49. The number of amides is 1. The lowest BCUT2D eigenvalue weighted by atomic mass is 10.1. The molecule has 22 heavy (non-hydrogen) atoms. The molecule has 2 rings (SSSR count). The summed E-state index contributed by atoms with van der Waals surface area (Å²) in [7, 11) is 5.13. The highest BCUT2D eigenvalue weighted by molar-refractivity contribution is 5.93. The summed E-state index contributed by atoms with van der Waals surface area (Å²) in [6.07, 6.45) is 1.53. The smallest absolute Gasteiger partial charge is 0.254 e. The Balaban J connectivity index is 1.98. The van der Waals surface area contributed by atoms with Crippen LogP contribution in [0.4, 0.5) is 5.82 Å². The zero-order valence-corrected chi connectivity index (χ0v) is 13.1. The van der Waals surface area contributed by atoms with Crippen LogP contribution in [-0.4, -0.2) is 43.5 Å². The van der Waals surface area contributed by atoms with E-state index in [4.69, 9.17) is 4.74 Å². The first-order valence-corrected chi connectivity index (χ1v) is 7.11. The van der Waals surface area contributed by atoms with E-state index < -0.39 is 0 Å². The van der Waals surface area contributed by atoms with Gasteiger partial charge in [0, 0.05) is 33.9 Å². The Morgan fingerprint density at radius 1 is 1.23 bits per heavy atom. The largest absolute Gasteiger partial charge is 0.375 e. The maximum Gasteiger partial charge on any atom is 0.254 e. The lowest BCUT2D eigenvalue weighted by molar-refractivity contribution is 0.0827. The van der Waals surface area contributed by atoms with Crippen molar-refractivity contribution in [2.24, 2.45) is 0 Å². The van der Waals surface area contributed by atoms with Gasteiger partial charge in [-0.3, -0.25) is 4.79 Å². The molecule has 1 amide bonds. The fourth-order valence-electron chi connectivity index (χ4n) is 2.09. The highest BCUT2D eigenvalue weighted by Crippen LogP contribution is 2.17. The number of ether oxygens (including phenoxy) is 1. The second-order valence-corrected chi connectivity index (χ2v) is 5.15. The fourth-order valence-corrected chi connectivity index (χ4v) is 2.09. The van der Waals surface area contributed by atoms with Crippen molar-refractivity contribution in [3.63, 3.8) is 0 Å². The number of rotatable bonds is 6. The molecular weight excluding hydrogens is 278 g/mol. The zero-order chi connectivity index (χ0) is 15.9. The van der Waals surface area contributed by atoms with Crippen molar-refractivity contribution < 1.29 is 9.53 Å². The van der Waals surface area contributed by atoms with Gasteiger partial charge in [0.05, 0.1) is 11.7 Å². The van der Waals surface area contributed by atoms with E-state index in [2.05, 4.69) is 10.3 Å². The third-order valence-corrected chi connectivity index (χ3v) is 3.34. The molecule has 0 spiro atoms. The van der Waals surface area contributed by atoms with Gasteiger partial charge in [-0.2, -0.15) is 0 Å². The lowest BCUT2D eigenvalue weighted by Gasteiger charge is -2.17. The summed E-state index contributed by atoms with van der Waals surface area (Å²) < 4.78 is 5.50. The first kappa shape index (κ1) is 16.0.